The number of aromatic nitrogens is 1. The SMILES string of the molecule is COc1cc(CNCc2c(C)noc2C)ccc1OCc1ccccc1. The summed E-state index contributed by atoms with van der Waals surface area (Å²) in [6.45, 7) is 5.84. The first-order valence-corrected chi connectivity index (χ1v) is 8.63. The highest BCUT2D eigenvalue weighted by Crippen LogP contribution is 2.29. The molecule has 0 saturated carbocycles. The van der Waals surface area contributed by atoms with Crippen LogP contribution in [0.25, 0.3) is 0 Å². The molecule has 0 radical (unpaired) electrons. The Morgan fingerprint density at radius 3 is 2.46 bits per heavy atom. The van der Waals surface area contributed by atoms with E-state index in [1.165, 1.54) is 0 Å². The molecule has 0 spiro atoms. The zero-order valence-electron chi connectivity index (χ0n) is 15.4. The molecule has 1 heterocycles. The molecule has 0 saturated heterocycles. The first kappa shape index (κ1) is 18.0. The first-order chi connectivity index (χ1) is 12.7. The number of benzene rings is 2. The maximum absolute atomic E-state index is 5.90. The van der Waals surface area contributed by atoms with Gasteiger partial charge in [-0.2, -0.15) is 0 Å². The summed E-state index contributed by atoms with van der Waals surface area (Å²) < 4.78 is 16.6. The third kappa shape index (κ3) is 4.43. The number of nitrogens with one attached hydrogen (secondary N) is 1. The largest absolute Gasteiger partial charge is 0.493 e. The van der Waals surface area contributed by atoms with Gasteiger partial charge in [-0.15, -0.1) is 0 Å². The van der Waals surface area contributed by atoms with E-state index in [1.807, 2.05) is 62.4 Å². The topological polar surface area (TPSA) is 56.5 Å². The summed E-state index contributed by atoms with van der Waals surface area (Å²) >= 11 is 0. The van der Waals surface area contributed by atoms with Gasteiger partial charge in [-0.25, -0.2) is 0 Å². The van der Waals surface area contributed by atoms with Gasteiger partial charge in [0.2, 0.25) is 0 Å². The molecule has 1 aromatic heterocycles. The molecule has 0 aliphatic heterocycles. The number of aryl methyl sites for hydroxylation is 2. The van der Waals surface area contributed by atoms with E-state index in [4.69, 9.17) is 14.0 Å². The zero-order valence-corrected chi connectivity index (χ0v) is 15.4. The van der Waals surface area contributed by atoms with Gasteiger partial charge in [0.05, 0.1) is 12.8 Å². The molecular weight excluding hydrogens is 328 g/mol. The maximum atomic E-state index is 5.90. The van der Waals surface area contributed by atoms with Gasteiger partial charge >= 0.3 is 0 Å². The van der Waals surface area contributed by atoms with E-state index in [0.717, 1.165) is 52.7 Å². The Hall–Kier alpha value is -2.79. The summed E-state index contributed by atoms with van der Waals surface area (Å²) in [4.78, 5) is 0. The standard InChI is InChI=1S/C21H24N2O3/c1-15-19(16(2)26-23-15)13-22-12-18-9-10-20(21(11-18)24-3)25-14-17-7-5-4-6-8-17/h4-11,22H,12-14H2,1-3H3. The van der Waals surface area contributed by atoms with Crippen molar-refractivity contribution in [3.63, 3.8) is 0 Å². The van der Waals surface area contributed by atoms with Gasteiger partial charge in [-0.3, -0.25) is 0 Å². The lowest BCUT2D eigenvalue weighted by Gasteiger charge is -2.13. The smallest absolute Gasteiger partial charge is 0.161 e. The van der Waals surface area contributed by atoms with Crippen LogP contribution in [-0.4, -0.2) is 12.3 Å². The average Bonchev–Trinajstić information content (AvgIpc) is 2.99. The summed E-state index contributed by atoms with van der Waals surface area (Å²) in [5, 5.41) is 7.39. The Morgan fingerprint density at radius 1 is 0.962 bits per heavy atom. The average molecular weight is 352 g/mol. The minimum absolute atomic E-state index is 0.515. The Balaban J connectivity index is 1.59. The fourth-order valence-corrected chi connectivity index (χ4v) is 2.76. The highest BCUT2D eigenvalue weighted by Gasteiger charge is 2.09. The van der Waals surface area contributed by atoms with Crippen LogP contribution in [0.4, 0.5) is 0 Å². The van der Waals surface area contributed by atoms with Crippen LogP contribution in [0.3, 0.4) is 0 Å². The maximum Gasteiger partial charge on any atom is 0.161 e. The fourth-order valence-electron chi connectivity index (χ4n) is 2.76. The normalized spacial score (nSPS) is 10.7. The third-order valence-corrected chi connectivity index (χ3v) is 4.28. The molecular formula is C21H24N2O3. The van der Waals surface area contributed by atoms with Crippen LogP contribution in [0.5, 0.6) is 11.5 Å². The number of nitrogens with zero attached hydrogens (tertiary/aromatic N) is 1. The summed E-state index contributed by atoms with van der Waals surface area (Å²) in [6, 6.07) is 16.1. The molecule has 0 amide bonds. The van der Waals surface area contributed by atoms with Gasteiger partial charge in [0.15, 0.2) is 11.5 Å². The van der Waals surface area contributed by atoms with E-state index in [1.54, 1.807) is 7.11 Å². The van der Waals surface area contributed by atoms with Gasteiger partial charge in [0, 0.05) is 18.7 Å². The predicted octanol–water partition coefficient (Wildman–Crippen LogP) is 4.17. The summed E-state index contributed by atoms with van der Waals surface area (Å²) in [5.41, 5.74) is 4.29. The van der Waals surface area contributed by atoms with Crippen molar-refractivity contribution in [2.75, 3.05) is 7.11 Å². The van der Waals surface area contributed by atoms with E-state index in [2.05, 4.69) is 10.5 Å². The van der Waals surface area contributed by atoms with Crippen molar-refractivity contribution in [2.24, 2.45) is 0 Å². The second-order valence-electron chi connectivity index (χ2n) is 6.17. The monoisotopic (exact) mass is 352 g/mol. The van der Waals surface area contributed by atoms with E-state index in [9.17, 15) is 0 Å². The van der Waals surface area contributed by atoms with Crippen LogP contribution in [0.2, 0.25) is 0 Å². The summed E-state index contributed by atoms with van der Waals surface area (Å²) in [6.07, 6.45) is 0. The van der Waals surface area contributed by atoms with Crippen molar-refractivity contribution in [3.8, 4) is 11.5 Å². The fraction of sp³-hybridized carbons (Fsp3) is 0.286. The molecule has 5 heteroatoms. The molecule has 0 atom stereocenters. The van der Waals surface area contributed by atoms with Gasteiger partial charge in [0.1, 0.15) is 12.4 Å². The molecule has 0 unspecified atom stereocenters. The summed E-state index contributed by atoms with van der Waals surface area (Å²) in [5.74, 6) is 2.33. The minimum atomic E-state index is 0.515. The molecule has 0 fully saturated rings. The highest BCUT2D eigenvalue weighted by molar-refractivity contribution is 5.43. The zero-order chi connectivity index (χ0) is 18.4. The van der Waals surface area contributed by atoms with Crippen molar-refractivity contribution >= 4 is 0 Å². The van der Waals surface area contributed by atoms with Gasteiger partial charge in [-0.1, -0.05) is 41.6 Å². The number of hydrogen-bond acceptors (Lipinski definition) is 5. The molecule has 5 nitrogen and oxygen atoms in total. The molecule has 0 bridgehead atoms. The Labute approximate surface area is 153 Å². The summed E-state index contributed by atoms with van der Waals surface area (Å²) in [7, 11) is 1.66. The van der Waals surface area contributed by atoms with Crippen LogP contribution in [0.15, 0.2) is 53.1 Å². The van der Waals surface area contributed by atoms with E-state index >= 15 is 0 Å². The molecule has 0 aliphatic carbocycles. The van der Waals surface area contributed by atoms with Crippen molar-refractivity contribution in [3.05, 3.63) is 76.7 Å². The van der Waals surface area contributed by atoms with Crippen LogP contribution >= 0.6 is 0 Å². The van der Waals surface area contributed by atoms with Gasteiger partial charge < -0.3 is 19.3 Å². The van der Waals surface area contributed by atoms with E-state index in [0.29, 0.717) is 6.61 Å². The van der Waals surface area contributed by atoms with Crippen LogP contribution in [0, 0.1) is 13.8 Å². The number of ether oxygens (including phenoxy) is 2. The van der Waals surface area contributed by atoms with Crippen LogP contribution < -0.4 is 14.8 Å². The van der Waals surface area contributed by atoms with Crippen molar-refractivity contribution in [1.29, 1.82) is 0 Å². The second kappa shape index (κ2) is 8.54. The minimum Gasteiger partial charge on any atom is -0.493 e. The van der Waals surface area contributed by atoms with Crippen LogP contribution in [-0.2, 0) is 19.7 Å². The van der Waals surface area contributed by atoms with Crippen molar-refractivity contribution < 1.29 is 14.0 Å². The highest BCUT2D eigenvalue weighted by atomic mass is 16.5. The Morgan fingerprint density at radius 2 is 1.77 bits per heavy atom. The van der Waals surface area contributed by atoms with Crippen molar-refractivity contribution in [1.82, 2.24) is 10.5 Å². The number of hydrogen-bond donors (Lipinski definition) is 1. The lowest BCUT2D eigenvalue weighted by Crippen LogP contribution is -2.13. The second-order valence-corrected chi connectivity index (χ2v) is 6.17. The Kier molecular flexibility index (Phi) is 5.92. The molecule has 1 N–H and O–H groups in total. The van der Waals surface area contributed by atoms with E-state index in [-0.39, 0.29) is 0 Å². The predicted molar refractivity (Wildman–Crippen MR) is 100 cm³/mol. The number of rotatable bonds is 8. The van der Waals surface area contributed by atoms with Crippen LogP contribution in [0.1, 0.15) is 28.1 Å². The lowest BCUT2D eigenvalue weighted by molar-refractivity contribution is 0.284. The molecule has 136 valence electrons. The molecule has 3 rings (SSSR count). The first-order valence-electron chi connectivity index (χ1n) is 8.63. The lowest BCUT2D eigenvalue weighted by atomic mass is 10.1. The van der Waals surface area contributed by atoms with Crippen molar-refractivity contribution in [2.45, 2.75) is 33.5 Å². The molecule has 0 aliphatic rings. The van der Waals surface area contributed by atoms with E-state index < -0.39 is 0 Å². The molecule has 26 heavy (non-hydrogen) atoms. The van der Waals surface area contributed by atoms with Gasteiger partial charge in [-0.05, 0) is 37.1 Å². The Bertz CT molecular complexity index is 824. The third-order valence-electron chi connectivity index (χ3n) is 4.28. The number of methoxy groups -OCH3 is 1. The molecule has 2 aromatic carbocycles. The van der Waals surface area contributed by atoms with Gasteiger partial charge in [0.25, 0.3) is 0 Å². The molecule has 3 aromatic rings. The quantitative estimate of drug-likeness (QED) is 0.659.